The number of carbonyl (C=O) groups is 2. The normalized spacial score (nSPS) is 15.6. The Balaban J connectivity index is 1.90. The zero-order chi connectivity index (χ0) is 20.0. The zero-order valence-electron chi connectivity index (χ0n) is 15.6. The molecule has 3 atom stereocenters. The Morgan fingerprint density at radius 1 is 1.22 bits per heavy atom. The molecule has 2 rings (SSSR count). The van der Waals surface area contributed by atoms with E-state index < -0.39 is 29.3 Å². The molecule has 0 radical (unpaired) electrons. The lowest BCUT2D eigenvalue weighted by atomic mass is 9.89. The van der Waals surface area contributed by atoms with E-state index in [0.717, 1.165) is 17.7 Å². The summed E-state index contributed by atoms with van der Waals surface area (Å²) in [5.41, 5.74) is -1.92. The molecule has 2 aromatic rings. The molecule has 0 aliphatic rings. The van der Waals surface area contributed by atoms with Gasteiger partial charge in [0.25, 0.3) is 0 Å². The van der Waals surface area contributed by atoms with Gasteiger partial charge in [0.15, 0.2) is 11.6 Å². The van der Waals surface area contributed by atoms with Gasteiger partial charge in [-0.25, -0.2) is 0 Å². The highest BCUT2D eigenvalue weighted by atomic mass is 16.5. The number of Topliss-reactive ketones (excluding diaryl/α,β-unsaturated/α-hetero) is 2. The summed E-state index contributed by atoms with van der Waals surface area (Å²) in [6, 6.07) is 12.6. The van der Waals surface area contributed by atoms with Gasteiger partial charge in [-0.05, 0) is 37.4 Å². The van der Waals surface area contributed by atoms with Crippen LogP contribution in [0.1, 0.15) is 20.8 Å². The fourth-order valence-corrected chi connectivity index (χ4v) is 2.68. The second kappa shape index (κ2) is 8.83. The minimum atomic E-state index is -1.92. The van der Waals surface area contributed by atoms with Crippen LogP contribution in [0.25, 0.3) is 10.8 Å². The number of aliphatic hydroxyl groups is 1. The lowest BCUT2D eigenvalue weighted by Crippen LogP contribution is -2.51. The Morgan fingerprint density at radius 2 is 1.89 bits per heavy atom. The van der Waals surface area contributed by atoms with Gasteiger partial charge in [0.1, 0.15) is 18.5 Å². The van der Waals surface area contributed by atoms with E-state index in [2.05, 4.69) is 10.5 Å². The Hall–Kier alpha value is -2.64. The highest BCUT2D eigenvalue weighted by molar-refractivity contribution is 6.12. The highest BCUT2D eigenvalue weighted by Gasteiger charge is 2.42. The first-order valence-corrected chi connectivity index (χ1v) is 8.71. The first-order valence-electron chi connectivity index (χ1n) is 8.71. The van der Waals surface area contributed by atoms with Crippen LogP contribution in [0.15, 0.2) is 47.6 Å². The standard InChI is InChI=1S/C20H24N2O5/c1-13(19(25)20(3,22-26)14(2)23)21-11-16(24)12-27-18-10-6-8-15-7-4-5-9-17(15)18/h4-10,13,16,21,24H,11-12H2,1-3H3. The largest absolute Gasteiger partial charge is 0.490 e. The van der Waals surface area contributed by atoms with Crippen LogP contribution in [-0.2, 0) is 9.59 Å². The molecule has 0 aromatic heterocycles. The molecule has 0 amide bonds. The van der Waals surface area contributed by atoms with Gasteiger partial charge in [-0.1, -0.05) is 36.4 Å². The van der Waals surface area contributed by atoms with E-state index in [0.29, 0.717) is 5.75 Å². The third-order valence-corrected chi connectivity index (χ3v) is 4.58. The van der Waals surface area contributed by atoms with Crippen molar-refractivity contribution in [3.05, 3.63) is 47.4 Å². The number of benzene rings is 2. The molecule has 0 fully saturated rings. The summed E-state index contributed by atoms with van der Waals surface area (Å²) in [4.78, 5) is 34.8. The summed E-state index contributed by atoms with van der Waals surface area (Å²) in [6.07, 6.45) is -0.882. The Bertz CT molecular complexity index is 833. The van der Waals surface area contributed by atoms with E-state index in [-0.39, 0.29) is 13.2 Å². The maximum Gasteiger partial charge on any atom is 0.216 e. The number of aliphatic hydroxyl groups excluding tert-OH is 1. The van der Waals surface area contributed by atoms with Gasteiger partial charge in [-0.3, -0.25) is 9.59 Å². The van der Waals surface area contributed by atoms with Crippen molar-refractivity contribution in [1.29, 1.82) is 0 Å². The Morgan fingerprint density at radius 3 is 2.56 bits per heavy atom. The molecule has 2 N–H and O–H groups in total. The Labute approximate surface area is 157 Å². The predicted octanol–water partition coefficient (Wildman–Crippen LogP) is 2.24. The number of ketones is 2. The van der Waals surface area contributed by atoms with Crippen LogP contribution in [0, 0.1) is 4.91 Å². The second-order valence-corrected chi connectivity index (χ2v) is 6.66. The molecule has 0 aliphatic carbocycles. The fraction of sp³-hybridized carbons (Fsp3) is 0.400. The van der Waals surface area contributed by atoms with Gasteiger partial charge in [-0.2, -0.15) is 0 Å². The first-order chi connectivity index (χ1) is 12.8. The van der Waals surface area contributed by atoms with Crippen molar-refractivity contribution in [1.82, 2.24) is 5.32 Å². The molecular weight excluding hydrogens is 348 g/mol. The molecule has 2 aromatic carbocycles. The lowest BCUT2D eigenvalue weighted by Gasteiger charge is -2.23. The monoisotopic (exact) mass is 372 g/mol. The Kier molecular flexibility index (Phi) is 6.76. The summed E-state index contributed by atoms with van der Waals surface area (Å²) in [7, 11) is 0. The van der Waals surface area contributed by atoms with Crippen molar-refractivity contribution in [3.8, 4) is 5.75 Å². The molecule has 3 unspecified atom stereocenters. The molecule has 0 aliphatic heterocycles. The summed E-state index contributed by atoms with van der Waals surface area (Å²) < 4.78 is 5.70. The van der Waals surface area contributed by atoms with Crippen molar-refractivity contribution in [2.75, 3.05) is 13.2 Å². The summed E-state index contributed by atoms with van der Waals surface area (Å²) >= 11 is 0. The maximum atomic E-state index is 12.3. The topological polar surface area (TPSA) is 105 Å². The number of rotatable bonds is 10. The van der Waals surface area contributed by atoms with E-state index in [4.69, 9.17) is 4.74 Å². The van der Waals surface area contributed by atoms with Crippen LogP contribution in [0.3, 0.4) is 0 Å². The van der Waals surface area contributed by atoms with Crippen molar-refractivity contribution in [3.63, 3.8) is 0 Å². The highest BCUT2D eigenvalue weighted by Crippen LogP contribution is 2.25. The quantitative estimate of drug-likeness (QED) is 0.489. The molecule has 0 spiro atoms. The van der Waals surface area contributed by atoms with Crippen LogP contribution >= 0.6 is 0 Å². The van der Waals surface area contributed by atoms with Crippen molar-refractivity contribution >= 4 is 22.3 Å². The molecule has 0 heterocycles. The molecule has 7 nitrogen and oxygen atoms in total. The fourth-order valence-electron chi connectivity index (χ4n) is 2.68. The molecular formula is C20H24N2O5. The van der Waals surface area contributed by atoms with Gasteiger partial charge in [0.05, 0.1) is 6.04 Å². The molecule has 27 heavy (non-hydrogen) atoms. The molecule has 144 valence electrons. The van der Waals surface area contributed by atoms with Gasteiger partial charge < -0.3 is 15.2 Å². The van der Waals surface area contributed by atoms with Gasteiger partial charge in [0, 0.05) is 11.9 Å². The number of hydrogen-bond acceptors (Lipinski definition) is 7. The van der Waals surface area contributed by atoms with Crippen molar-refractivity contribution < 1.29 is 19.4 Å². The number of fused-ring (bicyclic) bond motifs is 1. The second-order valence-electron chi connectivity index (χ2n) is 6.66. The van der Waals surface area contributed by atoms with Crippen LogP contribution in [0.5, 0.6) is 5.75 Å². The third-order valence-electron chi connectivity index (χ3n) is 4.58. The van der Waals surface area contributed by atoms with Crippen molar-refractivity contribution in [2.24, 2.45) is 5.18 Å². The number of nitrogens with one attached hydrogen (secondary N) is 1. The summed E-state index contributed by atoms with van der Waals surface area (Å²) in [5, 5.41) is 17.6. The number of ether oxygens (including phenoxy) is 1. The predicted molar refractivity (Wildman–Crippen MR) is 103 cm³/mol. The van der Waals surface area contributed by atoms with E-state index >= 15 is 0 Å². The van der Waals surface area contributed by atoms with E-state index in [1.54, 1.807) is 0 Å². The minimum Gasteiger partial charge on any atom is -0.490 e. The third kappa shape index (κ3) is 4.75. The van der Waals surface area contributed by atoms with Crippen LogP contribution in [0.2, 0.25) is 0 Å². The summed E-state index contributed by atoms with van der Waals surface area (Å²) in [6.45, 7) is 3.96. The van der Waals surface area contributed by atoms with Crippen LogP contribution < -0.4 is 10.1 Å². The smallest absolute Gasteiger partial charge is 0.216 e. The number of hydrogen-bond donors (Lipinski definition) is 2. The minimum absolute atomic E-state index is 0.0256. The van der Waals surface area contributed by atoms with Gasteiger partial charge in [0.2, 0.25) is 5.54 Å². The summed E-state index contributed by atoms with van der Waals surface area (Å²) in [5.74, 6) is -0.589. The number of nitroso groups, excluding NO2 is 1. The average molecular weight is 372 g/mol. The molecule has 0 saturated carbocycles. The zero-order valence-corrected chi connectivity index (χ0v) is 15.6. The average Bonchev–Trinajstić information content (AvgIpc) is 2.68. The van der Waals surface area contributed by atoms with Crippen molar-refractivity contribution in [2.45, 2.75) is 38.5 Å². The van der Waals surface area contributed by atoms with E-state index in [1.807, 2.05) is 42.5 Å². The number of carbonyl (C=O) groups excluding carboxylic acids is 2. The van der Waals surface area contributed by atoms with Crippen LogP contribution in [-0.4, -0.2) is 47.5 Å². The van der Waals surface area contributed by atoms with Crippen LogP contribution in [0.4, 0.5) is 0 Å². The number of nitrogens with zero attached hydrogens (tertiary/aromatic N) is 1. The first kappa shape index (κ1) is 20.7. The SMILES string of the molecule is CC(=O)C(C)(N=O)C(=O)C(C)NCC(O)COc1cccc2ccccc12. The molecule has 7 heteroatoms. The van der Waals surface area contributed by atoms with Gasteiger partial charge >= 0.3 is 0 Å². The van der Waals surface area contributed by atoms with Gasteiger partial charge in [-0.15, -0.1) is 4.91 Å². The lowest BCUT2D eigenvalue weighted by molar-refractivity contribution is -0.133. The molecule has 0 bridgehead atoms. The molecule has 0 saturated heterocycles. The van der Waals surface area contributed by atoms with E-state index in [1.165, 1.54) is 13.8 Å². The maximum absolute atomic E-state index is 12.3. The van der Waals surface area contributed by atoms with E-state index in [9.17, 15) is 19.6 Å².